The minimum Gasteiger partial charge on any atom is -0.376 e. The Hall–Kier alpha value is -3.14. The van der Waals surface area contributed by atoms with E-state index in [-0.39, 0.29) is 23.4 Å². The smallest absolute Gasteiger partial charge is 0.239 e. The second-order valence-corrected chi connectivity index (χ2v) is 9.46. The van der Waals surface area contributed by atoms with Gasteiger partial charge >= 0.3 is 0 Å². The molecular formula is C20H24N6O3S. The molecule has 4 rings (SSSR count). The van der Waals surface area contributed by atoms with Gasteiger partial charge in [0.15, 0.2) is 9.84 Å². The van der Waals surface area contributed by atoms with Crippen LogP contribution in [0.15, 0.2) is 47.8 Å². The fourth-order valence-corrected chi connectivity index (χ4v) is 4.36. The van der Waals surface area contributed by atoms with Crippen LogP contribution in [-0.2, 0) is 14.6 Å². The number of amides is 1. The maximum Gasteiger partial charge on any atom is 0.239 e. The number of anilines is 2. The third kappa shape index (κ3) is 4.54. The summed E-state index contributed by atoms with van der Waals surface area (Å²) in [5, 5.41) is 7.03. The summed E-state index contributed by atoms with van der Waals surface area (Å²) in [6.07, 6.45) is 6.39. The Morgan fingerprint density at radius 1 is 1.30 bits per heavy atom. The van der Waals surface area contributed by atoms with E-state index in [0.717, 1.165) is 42.5 Å². The minimum atomic E-state index is -3.29. The third-order valence-corrected chi connectivity index (χ3v) is 6.24. The maximum atomic E-state index is 12.4. The van der Waals surface area contributed by atoms with Crippen molar-refractivity contribution in [3.05, 3.63) is 42.9 Å². The molecule has 1 aliphatic heterocycles. The molecule has 3 heterocycles. The van der Waals surface area contributed by atoms with Gasteiger partial charge in [0.25, 0.3) is 0 Å². The molecule has 1 saturated heterocycles. The second-order valence-electron chi connectivity index (χ2n) is 7.44. The van der Waals surface area contributed by atoms with E-state index in [1.165, 1.54) is 12.1 Å². The highest BCUT2D eigenvalue weighted by atomic mass is 32.2. The number of nitrogens with one attached hydrogen (secondary N) is 3. The van der Waals surface area contributed by atoms with E-state index in [9.17, 15) is 13.2 Å². The molecule has 0 bridgehead atoms. The van der Waals surface area contributed by atoms with Crippen LogP contribution in [0.4, 0.5) is 11.5 Å². The molecule has 3 N–H and O–H groups in total. The Morgan fingerprint density at radius 3 is 3.00 bits per heavy atom. The van der Waals surface area contributed by atoms with Gasteiger partial charge in [-0.1, -0.05) is 6.07 Å². The van der Waals surface area contributed by atoms with E-state index in [0.29, 0.717) is 12.2 Å². The number of piperidine rings is 1. The molecule has 1 unspecified atom stereocenters. The zero-order valence-corrected chi connectivity index (χ0v) is 17.4. The average molecular weight is 429 g/mol. The quantitative estimate of drug-likeness (QED) is 0.545. The van der Waals surface area contributed by atoms with E-state index >= 15 is 0 Å². The van der Waals surface area contributed by atoms with Crippen LogP contribution in [0.3, 0.4) is 0 Å². The normalized spacial score (nSPS) is 17.1. The van der Waals surface area contributed by atoms with Crippen LogP contribution >= 0.6 is 0 Å². The third-order valence-electron chi connectivity index (χ3n) is 5.13. The minimum absolute atomic E-state index is 0.0133. The van der Waals surface area contributed by atoms with Crippen LogP contribution in [-0.4, -0.2) is 61.2 Å². The number of hydrogen-bond donors (Lipinski definition) is 3. The Morgan fingerprint density at radius 2 is 2.17 bits per heavy atom. The van der Waals surface area contributed by atoms with E-state index in [4.69, 9.17) is 0 Å². The number of aromatic amines is 1. The van der Waals surface area contributed by atoms with Crippen molar-refractivity contribution in [1.82, 2.24) is 20.3 Å². The van der Waals surface area contributed by atoms with Crippen LogP contribution in [0, 0.1) is 0 Å². The summed E-state index contributed by atoms with van der Waals surface area (Å²) in [5.74, 6) is 0.733. The lowest BCUT2D eigenvalue weighted by atomic mass is 10.1. The Bertz CT molecular complexity index is 1160. The zero-order chi connectivity index (χ0) is 21.1. The molecule has 0 aliphatic carbocycles. The number of benzene rings is 1. The molecule has 1 aliphatic rings. The number of H-pyrrole nitrogens is 1. The van der Waals surface area contributed by atoms with Crippen molar-refractivity contribution in [2.24, 2.45) is 0 Å². The molecule has 30 heavy (non-hydrogen) atoms. The van der Waals surface area contributed by atoms with Gasteiger partial charge in [0, 0.05) is 37.3 Å². The highest BCUT2D eigenvalue weighted by molar-refractivity contribution is 7.90. The molecule has 1 fully saturated rings. The zero-order valence-electron chi connectivity index (χ0n) is 16.6. The standard InChI is InChI=1S/C20H24N6O3S/c1-30(28,29)16-6-2-4-14(10-16)22-11-18(27)25-15-5-3-9-26(12-15)20-17-7-8-21-19(17)23-13-24-20/h2,4,6-8,10,13,15,22H,3,5,9,11-12H2,1H3,(H,25,27)(H,21,23,24). The van der Waals surface area contributed by atoms with Crippen LogP contribution in [0.25, 0.3) is 11.0 Å². The van der Waals surface area contributed by atoms with Gasteiger partial charge in [-0.05, 0) is 37.1 Å². The molecule has 2 aromatic heterocycles. The number of carbonyl (C=O) groups is 1. The lowest BCUT2D eigenvalue weighted by Gasteiger charge is -2.34. The van der Waals surface area contributed by atoms with Gasteiger partial charge in [0.1, 0.15) is 17.8 Å². The molecule has 3 aromatic rings. The first-order valence-electron chi connectivity index (χ1n) is 9.76. The molecule has 0 spiro atoms. The number of sulfone groups is 1. The molecule has 0 radical (unpaired) electrons. The van der Waals surface area contributed by atoms with Crippen LogP contribution in [0.5, 0.6) is 0 Å². The molecular weight excluding hydrogens is 404 g/mol. The fraction of sp³-hybridized carbons (Fsp3) is 0.350. The summed E-state index contributed by atoms with van der Waals surface area (Å²) >= 11 is 0. The number of nitrogens with zero attached hydrogens (tertiary/aromatic N) is 3. The SMILES string of the molecule is CS(=O)(=O)c1cccc(NCC(=O)NC2CCCN(c3ncnc4[nH]ccc34)C2)c1. The monoisotopic (exact) mass is 428 g/mol. The molecule has 10 heteroatoms. The Kier molecular flexibility index (Phi) is 5.58. The highest BCUT2D eigenvalue weighted by Crippen LogP contribution is 2.25. The van der Waals surface area contributed by atoms with Gasteiger partial charge in [-0.25, -0.2) is 18.4 Å². The summed E-state index contributed by atoms with van der Waals surface area (Å²) in [7, 11) is -3.29. The van der Waals surface area contributed by atoms with Crippen LogP contribution in [0.1, 0.15) is 12.8 Å². The lowest BCUT2D eigenvalue weighted by Crippen LogP contribution is -2.49. The summed E-state index contributed by atoms with van der Waals surface area (Å²) in [6.45, 7) is 1.62. The summed E-state index contributed by atoms with van der Waals surface area (Å²) in [4.78, 5) is 26.6. The molecule has 1 aromatic carbocycles. The van der Waals surface area contributed by atoms with Gasteiger partial charge < -0.3 is 20.5 Å². The van der Waals surface area contributed by atoms with Gasteiger partial charge in [0.2, 0.25) is 5.91 Å². The first-order chi connectivity index (χ1) is 14.4. The van der Waals surface area contributed by atoms with Crippen molar-refractivity contribution in [3.8, 4) is 0 Å². The van der Waals surface area contributed by atoms with Gasteiger partial charge in [-0.2, -0.15) is 0 Å². The number of fused-ring (bicyclic) bond motifs is 1. The Labute approximate surface area is 174 Å². The van der Waals surface area contributed by atoms with Gasteiger partial charge in [-0.3, -0.25) is 4.79 Å². The number of hydrogen-bond acceptors (Lipinski definition) is 7. The molecule has 1 atom stereocenters. The number of rotatable bonds is 6. The molecule has 0 saturated carbocycles. The first kappa shape index (κ1) is 20.1. The number of aromatic nitrogens is 3. The number of carbonyl (C=O) groups excluding carboxylic acids is 1. The van der Waals surface area contributed by atoms with Crippen molar-refractivity contribution >= 4 is 38.3 Å². The van der Waals surface area contributed by atoms with Crippen molar-refractivity contribution in [2.75, 3.05) is 36.1 Å². The maximum absolute atomic E-state index is 12.4. The highest BCUT2D eigenvalue weighted by Gasteiger charge is 2.23. The van der Waals surface area contributed by atoms with Crippen LogP contribution < -0.4 is 15.5 Å². The molecule has 158 valence electrons. The first-order valence-corrected chi connectivity index (χ1v) is 11.7. The van der Waals surface area contributed by atoms with Gasteiger partial charge in [-0.15, -0.1) is 0 Å². The second kappa shape index (κ2) is 8.31. The molecule has 9 nitrogen and oxygen atoms in total. The summed E-state index contributed by atoms with van der Waals surface area (Å²) in [6, 6.07) is 8.43. The van der Waals surface area contributed by atoms with Crippen molar-refractivity contribution in [3.63, 3.8) is 0 Å². The Balaban J connectivity index is 1.35. The van der Waals surface area contributed by atoms with Crippen molar-refractivity contribution < 1.29 is 13.2 Å². The lowest BCUT2D eigenvalue weighted by molar-refractivity contribution is -0.120. The average Bonchev–Trinajstić information content (AvgIpc) is 3.21. The predicted octanol–water partition coefficient (Wildman–Crippen LogP) is 1.56. The largest absolute Gasteiger partial charge is 0.376 e. The van der Waals surface area contributed by atoms with E-state index in [2.05, 4.69) is 30.5 Å². The van der Waals surface area contributed by atoms with E-state index < -0.39 is 9.84 Å². The topological polar surface area (TPSA) is 120 Å². The molecule has 1 amide bonds. The van der Waals surface area contributed by atoms with Crippen molar-refractivity contribution in [1.29, 1.82) is 0 Å². The fourth-order valence-electron chi connectivity index (χ4n) is 3.70. The summed E-state index contributed by atoms with van der Waals surface area (Å²) < 4.78 is 23.4. The van der Waals surface area contributed by atoms with Gasteiger partial charge in [0.05, 0.1) is 16.8 Å². The van der Waals surface area contributed by atoms with Crippen LogP contribution in [0.2, 0.25) is 0 Å². The van der Waals surface area contributed by atoms with E-state index in [1.54, 1.807) is 18.5 Å². The van der Waals surface area contributed by atoms with E-state index in [1.807, 2.05) is 12.3 Å². The predicted molar refractivity (Wildman–Crippen MR) is 115 cm³/mol. The van der Waals surface area contributed by atoms with Crippen molar-refractivity contribution in [2.45, 2.75) is 23.8 Å². The summed E-state index contributed by atoms with van der Waals surface area (Å²) in [5.41, 5.74) is 1.39.